The molecule has 162 valence electrons. The highest BCUT2D eigenvalue weighted by molar-refractivity contribution is 5.94. The molecule has 2 aromatic carbocycles. The normalized spacial score (nSPS) is 14.4. The molecule has 0 fully saturated rings. The Kier molecular flexibility index (Phi) is 6.62. The van der Waals surface area contributed by atoms with Gasteiger partial charge in [-0.2, -0.15) is 0 Å². The minimum Gasteiger partial charge on any atom is -0.497 e. The van der Waals surface area contributed by atoms with E-state index in [9.17, 15) is 4.79 Å². The molecule has 4 rings (SSSR count). The molecule has 31 heavy (non-hydrogen) atoms. The van der Waals surface area contributed by atoms with Gasteiger partial charge in [-0.25, -0.2) is 0 Å². The summed E-state index contributed by atoms with van der Waals surface area (Å²) in [5.74, 6) is 2.53. The molecule has 1 aliphatic heterocycles. The van der Waals surface area contributed by atoms with Crippen LogP contribution in [-0.4, -0.2) is 33.9 Å². The van der Waals surface area contributed by atoms with Crippen molar-refractivity contribution in [1.82, 2.24) is 14.8 Å². The largest absolute Gasteiger partial charge is 0.497 e. The fourth-order valence-corrected chi connectivity index (χ4v) is 3.70. The highest BCUT2D eigenvalue weighted by Gasteiger charge is 2.17. The maximum absolute atomic E-state index is 12.5. The summed E-state index contributed by atoms with van der Waals surface area (Å²) in [5, 5.41) is 11.7. The molecule has 0 bridgehead atoms. The molecule has 7 heteroatoms. The quantitative estimate of drug-likeness (QED) is 0.619. The van der Waals surface area contributed by atoms with Crippen LogP contribution in [0.2, 0.25) is 0 Å². The third kappa shape index (κ3) is 5.11. The van der Waals surface area contributed by atoms with Crippen molar-refractivity contribution < 1.29 is 14.3 Å². The highest BCUT2D eigenvalue weighted by Crippen LogP contribution is 2.24. The van der Waals surface area contributed by atoms with Crippen LogP contribution < -0.4 is 10.1 Å². The van der Waals surface area contributed by atoms with Crippen LogP contribution in [0.25, 0.3) is 11.4 Å². The van der Waals surface area contributed by atoms with Crippen molar-refractivity contribution >= 4 is 11.6 Å². The van der Waals surface area contributed by atoms with E-state index in [1.807, 2.05) is 48.5 Å². The first-order chi connectivity index (χ1) is 15.1. The van der Waals surface area contributed by atoms with Crippen molar-refractivity contribution in [1.29, 1.82) is 0 Å². The second-order valence-electron chi connectivity index (χ2n) is 7.77. The van der Waals surface area contributed by atoms with Crippen molar-refractivity contribution in [3.8, 4) is 17.1 Å². The topological polar surface area (TPSA) is 78.3 Å². The Hall–Kier alpha value is -3.19. The van der Waals surface area contributed by atoms with Gasteiger partial charge in [0.2, 0.25) is 0 Å². The number of carbonyl (C=O) groups excluding carboxylic acids is 1. The average molecular weight is 421 g/mol. The Morgan fingerprint density at radius 3 is 2.77 bits per heavy atom. The Morgan fingerprint density at radius 2 is 1.97 bits per heavy atom. The average Bonchev–Trinajstić information content (AvgIpc) is 3.06. The van der Waals surface area contributed by atoms with Crippen LogP contribution in [0.5, 0.6) is 5.75 Å². The van der Waals surface area contributed by atoms with E-state index in [4.69, 9.17) is 9.47 Å². The molecule has 7 nitrogen and oxygen atoms in total. The number of fused-ring (bicyclic) bond motifs is 1. The third-order valence-electron chi connectivity index (χ3n) is 5.52. The van der Waals surface area contributed by atoms with E-state index in [0.29, 0.717) is 6.61 Å². The van der Waals surface area contributed by atoms with E-state index in [2.05, 4.69) is 20.1 Å². The lowest BCUT2D eigenvalue weighted by atomic mass is 10.2. The molecule has 0 aliphatic carbocycles. The lowest BCUT2D eigenvalue weighted by molar-refractivity contribution is -0.127. The molecular formula is C24H28N4O3. The van der Waals surface area contributed by atoms with Gasteiger partial charge < -0.3 is 19.4 Å². The summed E-state index contributed by atoms with van der Waals surface area (Å²) in [6, 6.07) is 15.3. The van der Waals surface area contributed by atoms with Crippen molar-refractivity contribution in [2.45, 2.75) is 51.9 Å². The monoisotopic (exact) mass is 420 g/mol. The predicted octanol–water partition coefficient (Wildman–Crippen LogP) is 4.22. The molecule has 3 aromatic rings. The number of hydrogen-bond donors (Lipinski definition) is 1. The lowest BCUT2D eigenvalue weighted by Gasteiger charge is -2.14. The molecule has 0 radical (unpaired) electrons. The first-order valence-electron chi connectivity index (χ1n) is 10.7. The molecule has 0 saturated carbocycles. The zero-order valence-electron chi connectivity index (χ0n) is 18.0. The summed E-state index contributed by atoms with van der Waals surface area (Å²) in [4.78, 5) is 12.5. The van der Waals surface area contributed by atoms with Gasteiger partial charge in [0.25, 0.3) is 5.91 Å². The van der Waals surface area contributed by atoms with Crippen LogP contribution in [-0.2, 0) is 29.1 Å². The lowest BCUT2D eigenvalue weighted by Crippen LogP contribution is -2.27. The van der Waals surface area contributed by atoms with Gasteiger partial charge in [-0.3, -0.25) is 4.79 Å². The highest BCUT2D eigenvalue weighted by atomic mass is 16.5. The number of hydrogen-bond acceptors (Lipinski definition) is 5. The second-order valence-corrected chi connectivity index (χ2v) is 7.77. The number of amides is 1. The van der Waals surface area contributed by atoms with Gasteiger partial charge in [0.05, 0.1) is 13.7 Å². The molecule has 0 saturated heterocycles. The number of aromatic nitrogens is 3. The van der Waals surface area contributed by atoms with E-state index in [0.717, 1.165) is 53.6 Å². The Labute approximate surface area is 182 Å². The molecule has 2 heterocycles. The molecule has 1 unspecified atom stereocenters. The van der Waals surface area contributed by atoms with E-state index in [1.165, 1.54) is 12.8 Å². The van der Waals surface area contributed by atoms with Crippen LogP contribution in [0.1, 0.15) is 37.6 Å². The fraction of sp³-hybridized carbons (Fsp3) is 0.375. The summed E-state index contributed by atoms with van der Waals surface area (Å²) >= 11 is 0. The number of carbonyl (C=O) groups is 1. The van der Waals surface area contributed by atoms with E-state index in [-0.39, 0.29) is 5.91 Å². The summed E-state index contributed by atoms with van der Waals surface area (Å²) in [6.45, 7) is 3.04. The summed E-state index contributed by atoms with van der Waals surface area (Å²) in [6.07, 6.45) is 3.94. The van der Waals surface area contributed by atoms with Crippen molar-refractivity contribution in [3.05, 3.63) is 59.9 Å². The van der Waals surface area contributed by atoms with Crippen molar-refractivity contribution in [3.63, 3.8) is 0 Å². The molecule has 1 aromatic heterocycles. The second kappa shape index (κ2) is 9.75. The maximum Gasteiger partial charge on any atom is 0.253 e. The van der Waals surface area contributed by atoms with Crippen LogP contribution in [0.3, 0.4) is 0 Å². The number of methoxy groups -OCH3 is 1. The smallest absolute Gasteiger partial charge is 0.253 e. The van der Waals surface area contributed by atoms with E-state index < -0.39 is 6.10 Å². The van der Waals surface area contributed by atoms with Gasteiger partial charge in [-0.1, -0.05) is 18.6 Å². The molecule has 1 atom stereocenters. The predicted molar refractivity (Wildman–Crippen MR) is 119 cm³/mol. The molecule has 1 amide bonds. The molecular weight excluding hydrogens is 392 g/mol. The van der Waals surface area contributed by atoms with Gasteiger partial charge in [-0.15, -0.1) is 10.2 Å². The van der Waals surface area contributed by atoms with Gasteiger partial charge >= 0.3 is 0 Å². The van der Waals surface area contributed by atoms with Crippen LogP contribution in [0.15, 0.2) is 48.5 Å². The van der Waals surface area contributed by atoms with Crippen LogP contribution in [0.4, 0.5) is 5.69 Å². The molecule has 0 spiro atoms. The first-order valence-corrected chi connectivity index (χ1v) is 10.7. The van der Waals surface area contributed by atoms with Gasteiger partial charge in [0, 0.05) is 24.2 Å². The maximum atomic E-state index is 12.5. The van der Waals surface area contributed by atoms with Gasteiger partial charge in [0.15, 0.2) is 5.82 Å². The zero-order valence-corrected chi connectivity index (χ0v) is 18.0. The number of nitrogens with one attached hydrogen (secondary N) is 1. The summed E-state index contributed by atoms with van der Waals surface area (Å²) in [5.41, 5.74) is 2.68. The summed E-state index contributed by atoms with van der Waals surface area (Å²) < 4.78 is 13.2. The van der Waals surface area contributed by atoms with Crippen LogP contribution in [0, 0.1) is 0 Å². The number of rotatable bonds is 7. The Bertz CT molecular complexity index is 1030. The zero-order chi connectivity index (χ0) is 21.6. The first kappa shape index (κ1) is 21.1. The number of aryl methyl sites for hydroxylation is 1. The standard InChI is InChI=1S/C24H28N4O3/c1-17(31-16-18-7-6-8-21(15-18)30-2)24(29)25-20-12-10-19(11-13-20)23-27-26-22-9-4-3-5-14-28(22)23/h6-8,10-13,15,17H,3-5,9,14,16H2,1-2H3,(H,25,29). The Morgan fingerprint density at radius 1 is 1.13 bits per heavy atom. The Balaban J connectivity index is 1.35. The van der Waals surface area contributed by atoms with E-state index >= 15 is 0 Å². The molecule has 1 N–H and O–H groups in total. The van der Waals surface area contributed by atoms with Gasteiger partial charge in [0.1, 0.15) is 17.7 Å². The number of nitrogens with zero attached hydrogens (tertiary/aromatic N) is 3. The third-order valence-corrected chi connectivity index (χ3v) is 5.52. The van der Waals surface area contributed by atoms with Gasteiger partial charge in [-0.05, 0) is 61.7 Å². The number of benzene rings is 2. The SMILES string of the molecule is COc1cccc(COC(C)C(=O)Nc2ccc(-c3nnc4n3CCCCC4)cc2)c1. The minimum atomic E-state index is -0.585. The van der Waals surface area contributed by atoms with E-state index in [1.54, 1.807) is 14.0 Å². The number of ether oxygens (including phenoxy) is 2. The minimum absolute atomic E-state index is 0.188. The van der Waals surface area contributed by atoms with Crippen LogP contribution >= 0.6 is 0 Å². The fourth-order valence-electron chi connectivity index (χ4n) is 3.70. The molecule has 1 aliphatic rings. The summed E-state index contributed by atoms with van der Waals surface area (Å²) in [7, 11) is 1.63. The number of anilines is 1. The van der Waals surface area contributed by atoms with Crippen molar-refractivity contribution in [2.75, 3.05) is 12.4 Å². The van der Waals surface area contributed by atoms with Crippen molar-refractivity contribution in [2.24, 2.45) is 0 Å².